The van der Waals surface area contributed by atoms with Crippen molar-refractivity contribution in [3.63, 3.8) is 0 Å². The number of benzene rings is 14. The van der Waals surface area contributed by atoms with Crippen LogP contribution in [0, 0.1) is 6.92 Å². The molecular weight excluding hydrogens is 1450 g/mol. The fraction of sp³-hybridized carbons (Fsp3) is 0.505. The van der Waals surface area contributed by atoms with E-state index in [0.29, 0.717) is 53.6 Å². The van der Waals surface area contributed by atoms with Gasteiger partial charge in [-0.25, -0.2) is 0 Å². The van der Waals surface area contributed by atoms with E-state index >= 15 is 19.2 Å². The molecule has 2 aliphatic heterocycles. The van der Waals surface area contributed by atoms with Crippen molar-refractivity contribution in [2.75, 3.05) is 19.8 Å². The molecule has 4 amide bonds. The minimum atomic E-state index is -0.208. The average molecular weight is 1580 g/mol. The first-order valence-corrected chi connectivity index (χ1v) is 47.8. The van der Waals surface area contributed by atoms with Crippen LogP contribution in [0.5, 0.6) is 17.2 Å². The highest BCUT2D eigenvalue weighted by molar-refractivity contribution is 6.50. The molecule has 0 fully saturated rings. The standard InChI is InChI=1S/C109H132N2O7/c1-9-16-23-30-37-44-63-116-89-67-86-99-85(106(112)110(107(86)113)71(47-40-33-26-19-12-4)48-41-34-27-20-13-5)66-70(8)92-81-59-55-77-73-51-53-75-79-57-61-83-98-84(62-58-80(96(79)98)76-54-52-74(93(73)94(75)76)78-56-60-82(97(81)95(77)78)101(89)104(92)99)103-91(118-65-46-39-32-25-18-11-3)69-88-100-87(68-90(102(83)105(100)103)117-64-45-38-31-24-17-10-2)108(114)111(109(88)115)72(49-42-35-28-21-14-6)50-43-36-29-22-15-7/h51-62,66-69,71-72H,9-50,63-65H2,1-8H3. The third-order valence-electron chi connectivity index (χ3n) is 28.0. The second kappa shape index (κ2) is 37.9. The topological polar surface area (TPSA) is 102 Å². The maximum Gasteiger partial charge on any atom is 0.261 e. The Kier molecular flexibility index (Phi) is 26.6. The van der Waals surface area contributed by atoms with Crippen LogP contribution in [0.15, 0.2) is 97.1 Å². The normalized spacial score (nSPS) is 13.6. The SMILES string of the molecule is CCCCCCCCOc1cc2c3c(cc(C)c4c5ccc6c7ccc8c9ccc%10c%11c(OCCCCCCCC)cc%12c%13c(cc(OCCCCCCCC)c(c%14ccc(c%15ccc(c%16ccc(c1c34)c5c6%16)c7c8%15)c9c%10%14)c%13%11)C(=O)N(C(CCCCCCC)CCCCCCC)C%12=O)C(=O)N(C(CCCCCCC)CCCCCCC)C2=O. The summed E-state index contributed by atoms with van der Waals surface area (Å²) in [6.07, 6.45) is 46.1. The quantitative estimate of drug-likeness (QED) is 0.0162. The molecule has 14 aromatic carbocycles. The lowest BCUT2D eigenvalue weighted by molar-refractivity contribution is 0.0501. The van der Waals surface area contributed by atoms with Crippen LogP contribution >= 0.6 is 0 Å². The fourth-order valence-electron chi connectivity index (χ4n) is 21.9. The van der Waals surface area contributed by atoms with Gasteiger partial charge in [-0.1, -0.05) is 346 Å². The number of aryl methyl sites for hydroxylation is 1. The van der Waals surface area contributed by atoms with Gasteiger partial charge in [0.2, 0.25) is 0 Å². The molecule has 2 heterocycles. The van der Waals surface area contributed by atoms with Crippen LogP contribution in [0.25, 0.3) is 140 Å². The van der Waals surface area contributed by atoms with Crippen molar-refractivity contribution in [1.29, 1.82) is 0 Å². The molecule has 9 heteroatoms. The highest BCUT2D eigenvalue weighted by atomic mass is 16.5. The maximum absolute atomic E-state index is 16.0. The molecule has 0 radical (unpaired) electrons. The summed E-state index contributed by atoms with van der Waals surface area (Å²) in [5.41, 5.74) is 3.40. The van der Waals surface area contributed by atoms with Crippen molar-refractivity contribution >= 4 is 164 Å². The lowest BCUT2D eigenvalue weighted by Crippen LogP contribution is -2.47. The van der Waals surface area contributed by atoms with E-state index in [4.69, 9.17) is 14.2 Å². The summed E-state index contributed by atoms with van der Waals surface area (Å²) in [6, 6.07) is 36.3. The van der Waals surface area contributed by atoms with Crippen LogP contribution in [-0.4, -0.2) is 65.3 Å². The molecule has 0 N–H and O–H groups in total. The third kappa shape index (κ3) is 15.4. The molecule has 2 aliphatic rings. The Balaban J connectivity index is 0.874. The van der Waals surface area contributed by atoms with Gasteiger partial charge in [-0.05, 0) is 184 Å². The van der Waals surface area contributed by atoms with E-state index in [1.807, 2.05) is 0 Å². The number of carbonyl (C=O) groups is 4. The monoisotopic (exact) mass is 1580 g/mol. The maximum atomic E-state index is 16.0. The summed E-state index contributed by atoms with van der Waals surface area (Å²) in [4.78, 5) is 66.9. The number of nitrogens with zero attached hydrogens (tertiary/aromatic N) is 2. The molecule has 0 saturated heterocycles. The first-order valence-electron chi connectivity index (χ1n) is 47.8. The lowest BCUT2D eigenvalue weighted by atomic mass is 9.78. The Bertz CT molecular complexity index is 5700. The highest BCUT2D eigenvalue weighted by Crippen LogP contribution is 2.57. The van der Waals surface area contributed by atoms with Crippen LogP contribution in [0.2, 0.25) is 0 Å². The lowest BCUT2D eigenvalue weighted by Gasteiger charge is -2.35. The van der Waals surface area contributed by atoms with Crippen LogP contribution in [0.1, 0.15) is 365 Å². The fourth-order valence-corrected chi connectivity index (χ4v) is 21.9. The van der Waals surface area contributed by atoms with Crippen molar-refractivity contribution in [2.24, 2.45) is 0 Å². The summed E-state index contributed by atoms with van der Waals surface area (Å²) < 4.78 is 21.8. The van der Waals surface area contributed by atoms with Gasteiger partial charge >= 0.3 is 0 Å². The third-order valence-corrected chi connectivity index (χ3v) is 28.0. The molecule has 0 atom stereocenters. The summed E-state index contributed by atoms with van der Waals surface area (Å²) in [5, 5.41) is 28.5. The first kappa shape index (κ1) is 82.9. The van der Waals surface area contributed by atoms with Crippen LogP contribution in [0.3, 0.4) is 0 Å². The van der Waals surface area contributed by atoms with Gasteiger partial charge in [-0.15, -0.1) is 0 Å². The molecule has 14 aromatic rings. The summed E-state index contributed by atoms with van der Waals surface area (Å²) in [6.45, 7) is 19.6. The molecule has 16 rings (SSSR count). The van der Waals surface area contributed by atoms with Crippen LogP contribution < -0.4 is 14.2 Å². The van der Waals surface area contributed by atoms with Gasteiger partial charge in [0.15, 0.2) is 0 Å². The van der Waals surface area contributed by atoms with Crippen LogP contribution in [-0.2, 0) is 0 Å². The molecule has 0 unspecified atom stereocenters. The predicted octanol–water partition coefficient (Wildman–Crippen LogP) is 32.3. The number of ether oxygens (including phenoxy) is 3. The largest absolute Gasteiger partial charge is 0.493 e. The number of rotatable bonds is 50. The van der Waals surface area contributed by atoms with Gasteiger partial charge in [0.05, 0.1) is 36.5 Å². The van der Waals surface area contributed by atoms with Crippen molar-refractivity contribution in [3.05, 3.63) is 125 Å². The van der Waals surface area contributed by atoms with Gasteiger partial charge in [0, 0.05) is 55.4 Å². The van der Waals surface area contributed by atoms with Gasteiger partial charge in [-0.2, -0.15) is 0 Å². The van der Waals surface area contributed by atoms with E-state index in [1.54, 1.807) is 9.80 Å². The molecule has 0 aromatic heterocycles. The van der Waals surface area contributed by atoms with E-state index in [0.717, 1.165) is 235 Å². The summed E-state index contributed by atoms with van der Waals surface area (Å²) in [7, 11) is 0. The molecule has 0 spiro atoms. The zero-order chi connectivity index (χ0) is 81.5. The Morgan fingerprint density at radius 1 is 0.220 bits per heavy atom. The van der Waals surface area contributed by atoms with Crippen molar-refractivity contribution < 1.29 is 33.4 Å². The zero-order valence-corrected chi connectivity index (χ0v) is 73.0. The van der Waals surface area contributed by atoms with Gasteiger partial charge < -0.3 is 14.2 Å². The van der Waals surface area contributed by atoms with E-state index in [1.165, 1.54) is 186 Å². The molecular formula is C109H132N2O7. The molecule has 620 valence electrons. The number of hydrogen-bond acceptors (Lipinski definition) is 7. The van der Waals surface area contributed by atoms with E-state index in [-0.39, 0.29) is 35.7 Å². The number of carbonyl (C=O) groups excluding carboxylic acids is 4. The molecule has 118 heavy (non-hydrogen) atoms. The Morgan fingerprint density at radius 3 is 0.686 bits per heavy atom. The number of amides is 4. The van der Waals surface area contributed by atoms with Gasteiger partial charge in [-0.3, -0.25) is 29.0 Å². The summed E-state index contributed by atoms with van der Waals surface area (Å²) >= 11 is 0. The predicted molar refractivity (Wildman–Crippen MR) is 502 cm³/mol. The minimum Gasteiger partial charge on any atom is -0.493 e. The molecule has 9 nitrogen and oxygen atoms in total. The zero-order valence-electron chi connectivity index (χ0n) is 73.0. The Morgan fingerprint density at radius 2 is 0.424 bits per heavy atom. The second-order valence-corrected chi connectivity index (χ2v) is 36.2. The van der Waals surface area contributed by atoms with E-state index < -0.39 is 0 Å². The smallest absolute Gasteiger partial charge is 0.261 e. The number of hydrogen-bond donors (Lipinski definition) is 0. The second-order valence-electron chi connectivity index (χ2n) is 36.2. The average Bonchev–Trinajstić information content (AvgIpc) is 0.671. The van der Waals surface area contributed by atoms with Gasteiger partial charge in [0.25, 0.3) is 23.6 Å². The van der Waals surface area contributed by atoms with Crippen molar-refractivity contribution in [1.82, 2.24) is 9.80 Å². The molecule has 0 bridgehead atoms. The van der Waals surface area contributed by atoms with Crippen molar-refractivity contribution in [3.8, 4) is 17.2 Å². The molecule has 0 aliphatic carbocycles. The number of imide groups is 2. The van der Waals surface area contributed by atoms with E-state index in [2.05, 4.69) is 152 Å². The minimum absolute atomic E-state index is 0.151. The van der Waals surface area contributed by atoms with E-state index in [9.17, 15) is 0 Å². The van der Waals surface area contributed by atoms with Gasteiger partial charge in [0.1, 0.15) is 17.2 Å². The summed E-state index contributed by atoms with van der Waals surface area (Å²) in [5.74, 6) is 1.43. The number of fused-ring (bicyclic) bond motifs is 8. The number of unbranched alkanes of at least 4 members (excludes halogenated alkanes) is 31. The van der Waals surface area contributed by atoms with Crippen molar-refractivity contribution in [2.45, 2.75) is 337 Å². The Labute approximate surface area is 701 Å². The highest BCUT2D eigenvalue weighted by Gasteiger charge is 2.43. The molecule has 0 saturated carbocycles. The first-order chi connectivity index (χ1) is 58.0. The Hall–Kier alpha value is -8.82. The van der Waals surface area contributed by atoms with Crippen LogP contribution in [0.4, 0.5) is 0 Å².